The number of benzene rings is 2. The molecule has 2 rings (SSSR count). The Morgan fingerprint density at radius 3 is 2.33 bits per heavy atom. The molecule has 4 N–H and O–H groups in total. The molecule has 0 aliphatic heterocycles. The molecule has 0 aromatic heterocycles. The van der Waals surface area contributed by atoms with Crippen molar-refractivity contribution in [3.05, 3.63) is 52.0 Å². The number of halogens is 2. The van der Waals surface area contributed by atoms with Crippen LogP contribution in [0.3, 0.4) is 0 Å². The molecule has 0 atom stereocenters. The highest BCUT2D eigenvalue weighted by Gasteiger charge is 2.07. The molecule has 0 fully saturated rings. The lowest BCUT2D eigenvalue weighted by Gasteiger charge is -2.11. The Balaban J connectivity index is 2.16. The lowest BCUT2D eigenvalue weighted by molar-refractivity contribution is 0.307. The molecular weight excluding hydrogens is 271 g/mol. The third-order valence-electron chi connectivity index (χ3n) is 2.48. The smallest absolute Gasteiger partial charge is 0.140 e. The van der Waals surface area contributed by atoms with E-state index in [1.807, 2.05) is 18.2 Å². The second-order valence-electron chi connectivity index (χ2n) is 3.79. The number of hydrogen-bond acceptors (Lipinski definition) is 3. The molecule has 94 valence electrons. The molecule has 0 aliphatic rings. The second-order valence-corrected chi connectivity index (χ2v) is 4.61. The highest BCUT2D eigenvalue weighted by atomic mass is 35.5. The maximum atomic E-state index is 6.03. The third kappa shape index (κ3) is 2.81. The summed E-state index contributed by atoms with van der Waals surface area (Å²) >= 11 is 12.0. The molecule has 5 heteroatoms. The van der Waals surface area contributed by atoms with Crippen molar-refractivity contribution >= 4 is 34.6 Å². The summed E-state index contributed by atoms with van der Waals surface area (Å²) in [6.45, 7) is 0.322. The fourth-order valence-electron chi connectivity index (χ4n) is 1.47. The van der Waals surface area contributed by atoms with Gasteiger partial charge >= 0.3 is 0 Å². The fraction of sp³-hybridized carbons (Fsp3) is 0.0769. The van der Waals surface area contributed by atoms with Crippen molar-refractivity contribution < 1.29 is 4.74 Å². The summed E-state index contributed by atoms with van der Waals surface area (Å²) in [5, 5.41) is 1.07. The van der Waals surface area contributed by atoms with E-state index in [-0.39, 0.29) is 0 Å². The Labute approximate surface area is 115 Å². The molecule has 0 saturated carbocycles. The SMILES string of the molecule is Nc1cc(Cl)c(OCc2ccccc2Cl)cc1N. The summed E-state index contributed by atoms with van der Waals surface area (Å²) in [6.07, 6.45) is 0. The average Bonchev–Trinajstić information content (AvgIpc) is 2.34. The molecule has 2 aromatic rings. The highest BCUT2D eigenvalue weighted by Crippen LogP contribution is 2.32. The van der Waals surface area contributed by atoms with Crippen LogP contribution in [-0.2, 0) is 6.61 Å². The van der Waals surface area contributed by atoms with E-state index in [1.54, 1.807) is 18.2 Å². The zero-order chi connectivity index (χ0) is 13.1. The molecule has 0 radical (unpaired) electrons. The third-order valence-corrected chi connectivity index (χ3v) is 3.14. The predicted molar refractivity (Wildman–Crippen MR) is 76.1 cm³/mol. The van der Waals surface area contributed by atoms with Crippen molar-refractivity contribution in [1.29, 1.82) is 0 Å². The van der Waals surface area contributed by atoms with E-state index < -0.39 is 0 Å². The number of anilines is 2. The summed E-state index contributed by atoms with van der Waals surface area (Å²) in [5.41, 5.74) is 13.1. The molecule has 0 saturated heterocycles. The van der Waals surface area contributed by atoms with E-state index in [0.29, 0.717) is 33.8 Å². The van der Waals surface area contributed by atoms with Gasteiger partial charge in [0, 0.05) is 16.7 Å². The molecular formula is C13H12Cl2N2O. The van der Waals surface area contributed by atoms with Crippen LogP contribution >= 0.6 is 23.2 Å². The minimum atomic E-state index is 0.322. The average molecular weight is 283 g/mol. The number of nitrogens with two attached hydrogens (primary N) is 2. The largest absolute Gasteiger partial charge is 0.487 e. The van der Waals surface area contributed by atoms with Crippen molar-refractivity contribution in [2.75, 3.05) is 11.5 Å². The first-order chi connectivity index (χ1) is 8.58. The molecule has 0 aliphatic carbocycles. The number of ether oxygens (including phenoxy) is 1. The van der Waals surface area contributed by atoms with Crippen molar-refractivity contribution in [2.24, 2.45) is 0 Å². The summed E-state index contributed by atoms with van der Waals surface area (Å²) in [7, 11) is 0. The van der Waals surface area contributed by atoms with Crippen LogP contribution in [-0.4, -0.2) is 0 Å². The van der Waals surface area contributed by atoms with Gasteiger partial charge in [-0.15, -0.1) is 0 Å². The van der Waals surface area contributed by atoms with Crippen LogP contribution in [0.5, 0.6) is 5.75 Å². The first-order valence-electron chi connectivity index (χ1n) is 5.28. The predicted octanol–water partition coefficient (Wildman–Crippen LogP) is 3.74. The van der Waals surface area contributed by atoms with Crippen LogP contribution in [0.4, 0.5) is 11.4 Å². The monoisotopic (exact) mass is 282 g/mol. The topological polar surface area (TPSA) is 61.3 Å². The van der Waals surface area contributed by atoms with Gasteiger partial charge in [-0.2, -0.15) is 0 Å². The van der Waals surface area contributed by atoms with Gasteiger partial charge in [-0.05, 0) is 12.1 Å². The van der Waals surface area contributed by atoms with E-state index in [0.717, 1.165) is 5.56 Å². The molecule has 0 spiro atoms. The van der Waals surface area contributed by atoms with Crippen LogP contribution in [0.25, 0.3) is 0 Å². The Kier molecular flexibility index (Phi) is 3.84. The zero-order valence-electron chi connectivity index (χ0n) is 9.49. The van der Waals surface area contributed by atoms with Crippen molar-refractivity contribution in [1.82, 2.24) is 0 Å². The maximum Gasteiger partial charge on any atom is 0.140 e. The Morgan fingerprint density at radius 2 is 1.61 bits per heavy atom. The minimum Gasteiger partial charge on any atom is -0.487 e. The Morgan fingerprint density at radius 1 is 0.944 bits per heavy atom. The molecule has 0 unspecified atom stereocenters. The number of hydrogen-bond donors (Lipinski definition) is 2. The summed E-state index contributed by atoms with van der Waals surface area (Å²) in [4.78, 5) is 0. The molecule has 2 aromatic carbocycles. The van der Waals surface area contributed by atoms with Gasteiger partial charge in [0.05, 0.1) is 16.4 Å². The van der Waals surface area contributed by atoms with E-state index >= 15 is 0 Å². The second kappa shape index (κ2) is 5.38. The maximum absolute atomic E-state index is 6.03. The van der Waals surface area contributed by atoms with Crippen LogP contribution in [0, 0.1) is 0 Å². The van der Waals surface area contributed by atoms with Crippen molar-refractivity contribution in [3.8, 4) is 5.75 Å². The van der Waals surface area contributed by atoms with Crippen LogP contribution in [0.1, 0.15) is 5.56 Å². The van der Waals surface area contributed by atoms with E-state index in [1.165, 1.54) is 0 Å². The minimum absolute atomic E-state index is 0.322. The molecule has 0 bridgehead atoms. The quantitative estimate of drug-likeness (QED) is 0.843. The van der Waals surface area contributed by atoms with Gasteiger partial charge in [-0.25, -0.2) is 0 Å². The van der Waals surface area contributed by atoms with Gasteiger partial charge in [0.15, 0.2) is 0 Å². The standard InChI is InChI=1S/C13H12Cl2N2O/c14-9-4-2-1-3-8(9)7-18-13-6-12(17)11(16)5-10(13)15/h1-6H,7,16-17H2. The van der Waals surface area contributed by atoms with Crippen LogP contribution < -0.4 is 16.2 Å². The van der Waals surface area contributed by atoms with E-state index in [4.69, 9.17) is 39.4 Å². The van der Waals surface area contributed by atoms with Gasteiger partial charge in [0.2, 0.25) is 0 Å². The van der Waals surface area contributed by atoms with E-state index in [9.17, 15) is 0 Å². The van der Waals surface area contributed by atoms with Crippen molar-refractivity contribution in [2.45, 2.75) is 6.61 Å². The summed E-state index contributed by atoms with van der Waals surface area (Å²) < 4.78 is 5.59. The molecule has 0 amide bonds. The fourth-order valence-corrected chi connectivity index (χ4v) is 1.88. The normalized spacial score (nSPS) is 10.3. The van der Waals surface area contributed by atoms with Crippen LogP contribution in [0.2, 0.25) is 10.0 Å². The lowest BCUT2D eigenvalue weighted by Crippen LogP contribution is -2.00. The first kappa shape index (κ1) is 12.9. The molecule has 0 heterocycles. The van der Waals surface area contributed by atoms with Gasteiger partial charge in [0.25, 0.3) is 0 Å². The van der Waals surface area contributed by atoms with Gasteiger partial charge in [-0.1, -0.05) is 41.4 Å². The van der Waals surface area contributed by atoms with Crippen LogP contribution in [0.15, 0.2) is 36.4 Å². The first-order valence-corrected chi connectivity index (χ1v) is 6.04. The van der Waals surface area contributed by atoms with Gasteiger partial charge in [-0.3, -0.25) is 0 Å². The van der Waals surface area contributed by atoms with Gasteiger partial charge in [0.1, 0.15) is 12.4 Å². The van der Waals surface area contributed by atoms with Crippen molar-refractivity contribution in [3.63, 3.8) is 0 Å². The molecule has 18 heavy (non-hydrogen) atoms. The molecule has 3 nitrogen and oxygen atoms in total. The van der Waals surface area contributed by atoms with E-state index in [2.05, 4.69) is 0 Å². The Hall–Kier alpha value is -1.58. The highest BCUT2D eigenvalue weighted by molar-refractivity contribution is 6.32. The lowest BCUT2D eigenvalue weighted by atomic mass is 10.2. The number of nitrogen functional groups attached to an aromatic ring is 2. The number of rotatable bonds is 3. The van der Waals surface area contributed by atoms with Gasteiger partial charge < -0.3 is 16.2 Å². The Bertz CT molecular complexity index is 573. The zero-order valence-corrected chi connectivity index (χ0v) is 11.0. The summed E-state index contributed by atoms with van der Waals surface area (Å²) in [6, 6.07) is 10.6. The summed E-state index contributed by atoms with van der Waals surface area (Å²) in [5.74, 6) is 0.489.